The van der Waals surface area contributed by atoms with E-state index in [1.807, 2.05) is 24.3 Å². The van der Waals surface area contributed by atoms with Crippen LogP contribution in [0.5, 0.6) is 0 Å². The van der Waals surface area contributed by atoms with Crippen LogP contribution < -0.4 is 11.3 Å². The topological polar surface area (TPSA) is 73.1 Å². The van der Waals surface area contributed by atoms with Gasteiger partial charge in [0.1, 0.15) is 5.69 Å². The van der Waals surface area contributed by atoms with Crippen molar-refractivity contribution in [3.8, 4) is 11.3 Å². The molecule has 2 aromatic rings. The zero-order chi connectivity index (χ0) is 12.1. The summed E-state index contributed by atoms with van der Waals surface area (Å²) < 4.78 is 5.16. The summed E-state index contributed by atoms with van der Waals surface area (Å²) in [6.07, 6.45) is 3.23. The molecule has 0 aliphatic heterocycles. The van der Waals surface area contributed by atoms with Crippen molar-refractivity contribution >= 4 is 5.82 Å². The summed E-state index contributed by atoms with van der Waals surface area (Å²) in [5.74, 6) is 5.98. The highest BCUT2D eigenvalue weighted by molar-refractivity contribution is 5.73. The number of ether oxygens (including phenoxy) is 1. The normalized spacial score (nSPS) is 10.2. The number of hydrazine groups is 1. The summed E-state index contributed by atoms with van der Waals surface area (Å²) in [6.45, 7) is 0.525. The predicted octanol–water partition coefficient (Wildman–Crippen LogP) is 1.58. The van der Waals surface area contributed by atoms with Gasteiger partial charge in [0, 0.05) is 25.1 Å². The zero-order valence-corrected chi connectivity index (χ0v) is 9.55. The van der Waals surface area contributed by atoms with Crippen molar-refractivity contribution in [2.45, 2.75) is 6.61 Å². The van der Waals surface area contributed by atoms with Crippen molar-refractivity contribution in [2.75, 3.05) is 12.5 Å². The van der Waals surface area contributed by atoms with Crippen molar-refractivity contribution in [3.05, 3.63) is 42.2 Å². The molecule has 0 unspecified atom stereocenters. The first kappa shape index (κ1) is 11.5. The van der Waals surface area contributed by atoms with E-state index in [0.717, 1.165) is 16.8 Å². The van der Waals surface area contributed by atoms with Crippen LogP contribution in [0.1, 0.15) is 5.56 Å². The Morgan fingerprint density at radius 2 is 2.00 bits per heavy atom. The van der Waals surface area contributed by atoms with Crippen LogP contribution in [0.3, 0.4) is 0 Å². The van der Waals surface area contributed by atoms with Crippen LogP contribution in [0.15, 0.2) is 36.7 Å². The third-order valence-electron chi connectivity index (χ3n) is 2.41. The lowest BCUT2D eigenvalue weighted by atomic mass is 10.0. The van der Waals surface area contributed by atoms with E-state index in [2.05, 4.69) is 15.4 Å². The minimum Gasteiger partial charge on any atom is -0.380 e. The molecule has 0 fully saturated rings. The number of benzene rings is 1. The second-order valence-electron chi connectivity index (χ2n) is 3.49. The SMILES string of the molecule is COCc1ccccc1-c1nccnc1NN. The van der Waals surface area contributed by atoms with Crippen LogP contribution in [-0.4, -0.2) is 17.1 Å². The van der Waals surface area contributed by atoms with Crippen molar-refractivity contribution < 1.29 is 4.74 Å². The molecular weight excluding hydrogens is 216 g/mol. The summed E-state index contributed by atoms with van der Waals surface area (Å²) in [7, 11) is 1.66. The maximum atomic E-state index is 5.43. The minimum atomic E-state index is 0.525. The fraction of sp³-hybridized carbons (Fsp3) is 0.167. The van der Waals surface area contributed by atoms with Crippen LogP contribution in [-0.2, 0) is 11.3 Å². The summed E-state index contributed by atoms with van der Waals surface area (Å²) in [4.78, 5) is 8.44. The summed E-state index contributed by atoms with van der Waals surface area (Å²) in [5.41, 5.74) is 5.29. The number of aromatic nitrogens is 2. The molecule has 17 heavy (non-hydrogen) atoms. The summed E-state index contributed by atoms with van der Waals surface area (Å²) in [6, 6.07) is 7.88. The molecule has 1 aromatic carbocycles. The molecule has 5 nitrogen and oxygen atoms in total. The molecule has 0 saturated heterocycles. The first-order chi connectivity index (χ1) is 8.36. The number of nitrogen functional groups attached to an aromatic ring is 1. The third-order valence-corrected chi connectivity index (χ3v) is 2.41. The van der Waals surface area contributed by atoms with Crippen molar-refractivity contribution in [1.29, 1.82) is 0 Å². The summed E-state index contributed by atoms with van der Waals surface area (Å²) >= 11 is 0. The van der Waals surface area contributed by atoms with E-state index in [-0.39, 0.29) is 0 Å². The van der Waals surface area contributed by atoms with Crippen LogP contribution in [0.2, 0.25) is 0 Å². The lowest BCUT2D eigenvalue weighted by Crippen LogP contribution is -2.11. The number of nitrogens with one attached hydrogen (secondary N) is 1. The van der Waals surface area contributed by atoms with E-state index in [9.17, 15) is 0 Å². The van der Waals surface area contributed by atoms with Gasteiger partial charge in [-0.15, -0.1) is 0 Å². The Morgan fingerprint density at radius 3 is 2.76 bits per heavy atom. The van der Waals surface area contributed by atoms with E-state index in [4.69, 9.17) is 10.6 Å². The van der Waals surface area contributed by atoms with Crippen LogP contribution in [0.4, 0.5) is 5.82 Å². The smallest absolute Gasteiger partial charge is 0.166 e. The molecule has 2 rings (SSSR count). The average Bonchev–Trinajstić information content (AvgIpc) is 2.40. The van der Waals surface area contributed by atoms with E-state index in [1.165, 1.54) is 0 Å². The summed E-state index contributed by atoms with van der Waals surface area (Å²) in [5, 5.41) is 0. The molecule has 88 valence electrons. The second kappa shape index (κ2) is 5.38. The monoisotopic (exact) mass is 230 g/mol. The van der Waals surface area contributed by atoms with Crippen LogP contribution >= 0.6 is 0 Å². The second-order valence-corrected chi connectivity index (χ2v) is 3.49. The highest BCUT2D eigenvalue weighted by atomic mass is 16.5. The van der Waals surface area contributed by atoms with E-state index >= 15 is 0 Å². The van der Waals surface area contributed by atoms with Crippen molar-refractivity contribution in [2.24, 2.45) is 5.84 Å². The first-order valence-electron chi connectivity index (χ1n) is 5.21. The Balaban J connectivity index is 2.52. The molecular formula is C12H14N4O. The Labute approximate surface area is 99.6 Å². The first-order valence-corrected chi connectivity index (χ1v) is 5.21. The minimum absolute atomic E-state index is 0.525. The third kappa shape index (κ3) is 2.41. The molecule has 0 aliphatic rings. The van der Waals surface area contributed by atoms with Gasteiger partial charge < -0.3 is 10.2 Å². The molecule has 1 heterocycles. The highest BCUT2D eigenvalue weighted by Gasteiger charge is 2.10. The van der Waals surface area contributed by atoms with Gasteiger partial charge in [0.2, 0.25) is 0 Å². The lowest BCUT2D eigenvalue weighted by Gasteiger charge is -2.10. The molecule has 0 saturated carbocycles. The van der Waals surface area contributed by atoms with E-state index < -0.39 is 0 Å². The standard InChI is InChI=1S/C12H14N4O/c1-17-8-9-4-2-3-5-10(9)11-12(16-13)15-7-6-14-11/h2-7H,8,13H2,1H3,(H,15,16). The maximum Gasteiger partial charge on any atom is 0.166 e. The van der Waals surface area contributed by atoms with Gasteiger partial charge in [0.05, 0.1) is 6.61 Å². The molecule has 0 aliphatic carbocycles. The fourth-order valence-electron chi connectivity index (χ4n) is 1.67. The fourth-order valence-corrected chi connectivity index (χ4v) is 1.67. The molecule has 0 spiro atoms. The quantitative estimate of drug-likeness (QED) is 0.616. The number of nitrogens with zero attached hydrogens (tertiary/aromatic N) is 2. The molecule has 1 aromatic heterocycles. The zero-order valence-electron chi connectivity index (χ0n) is 9.55. The van der Waals surface area contributed by atoms with Crippen molar-refractivity contribution in [1.82, 2.24) is 9.97 Å². The molecule has 0 atom stereocenters. The number of methoxy groups -OCH3 is 1. The maximum absolute atomic E-state index is 5.43. The number of nitrogens with two attached hydrogens (primary N) is 1. The Bertz CT molecular complexity index is 501. The number of hydrogen-bond acceptors (Lipinski definition) is 5. The van der Waals surface area contributed by atoms with Gasteiger partial charge in [0.25, 0.3) is 0 Å². The number of anilines is 1. The Hall–Kier alpha value is -1.98. The average molecular weight is 230 g/mol. The largest absolute Gasteiger partial charge is 0.380 e. The predicted molar refractivity (Wildman–Crippen MR) is 66.0 cm³/mol. The molecule has 0 amide bonds. The van der Waals surface area contributed by atoms with Gasteiger partial charge in [-0.3, -0.25) is 4.98 Å². The molecule has 5 heteroatoms. The molecule has 0 radical (unpaired) electrons. The molecule has 3 N–H and O–H groups in total. The number of hydrogen-bond donors (Lipinski definition) is 2. The lowest BCUT2D eigenvalue weighted by molar-refractivity contribution is 0.185. The van der Waals surface area contributed by atoms with Crippen LogP contribution in [0.25, 0.3) is 11.3 Å². The Kier molecular flexibility index (Phi) is 3.64. The molecule has 0 bridgehead atoms. The van der Waals surface area contributed by atoms with Gasteiger partial charge in [-0.1, -0.05) is 24.3 Å². The Morgan fingerprint density at radius 1 is 1.24 bits per heavy atom. The van der Waals surface area contributed by atoms with Gasteiger partial charge in [-0.05, 0) is 5.56 Å². The van der Waals surface area contributed by atoms with Crippen LogP contribution in [0, 0.1) is 0 Å². The van der Waals surface area contributed by atoms with E-state index in [0.29, 0.717) is 12.4 Å². The number of rotatable bonds is 4. The van der Waals surface area contributed by atoms with E-state index in [1.54, 1.807) is 19.5 Å². The van der Waals surface area contributed by atoms with Gasteiger partial charge >= 0.3 is 0 Å². The highest BCUT2D eigenvalue weighted by Crippen LogP contribution is 2.26. The van der Waals surface area contributed by atoms with Gasteiger partial charge in [0.15, 0.2) is 5.82 Å². The van der Waals surface area contributed by atoms with Gasteiger partial charge in [-0.25, -0.2) is 10.8 Å². The van der Waals surface area contributed by atoms with Gasteiger partial charge in [-0.2, -0.15) is 0 Å². The van der Waals surface area contributed by atoms with Crippen molar-refractivity contribution in [3.63, 3.8) is 0 Å².